The minimum absolute atomic E-state index is 0.220. The smallest absolute Gasteiger partial charge is 0.272 e. The average molecular weight is 800 g/mol. The molecule has 0 fully saturated rings. The number of hydrogen-bond acceptors (Lipinski definition) is 10. The summed E-state index contributed by atoms with van der Waals surface area (Å²) in [6.45, 7) is 5.44. The van der Waals surface area contributed by atoms with Gasteiger partial charge in [-0.3, -0.25) is 9.59 Å². The summed E-state index contributed by atoms with van der Waals surface area (Å²) < 4.78 is 0. The monoisotopic (exact) mass is 798 g/mol. The van der Waals surface area contributed by atoms with Crippen LogP contribution in [-0.4, -0.2) is 112 Å². The average Bonchev–Trinajstić information content (AvgIpc) is 3.19. The van der Waals surface area contributed by atoms with Gasteiger partial charge in [-0.2, -0.15) is 10.2 Å². The summed E-state index contributed by atoms with van der Waals surface area (Å²) in [7, 11) is 12.5. The van der Waals surface area contributed by atoms with E-state index in [0.717, 1.165) is 74.6 Å². The Bertz CT molecular complexity index is 2330. The molecule has 14 heteroatoms. The first-order valence-corrected chi connectivity index (χ1v) is 19.4. The third kappa shape index (κ3) is 11.5. The molecule has 0 saturated carbocycles. The molecular formula is C42H52Cl2N10O2. The minimum atomic E-state index is -0.223. The molecule has 6 rings (SSSR count). The topological polar surface area (TPSA) is 129 Å². The zero-order valence-corrected chi connectivity index (χ0v) is 34.5. The summed E-state index contributed by atoms with van der Waals surface area (Å²) in [4.78, 5) is 32.7. The maximum atomic E-state index is 12.0. The highest BCUT2D eigenvalue weighted by Crippen LogP contribution is 2.26. The quantitative estimate of drug-likeness (QED) is 0.0867. The molecule has 2 aromatic heterocycles. The van der Waals surface area contributed by atoms with Crippen LogP contribution in [0.5, 0.6) is 0 Å². The predicted octanol–water partition coefficient (Wildman–Crippen LogP) is 6.46. The van der Waals surface area contributed by atoms with Crippen LogP contribution >= 0.6 is 23.2 Å². The van der Waals surface area contributed by atoms with Crippen LogP contribution < -0.4 is 31.6 Å². The highest BCUT2D eigenvalue weighted by Gasteiger charge is 2.11. The number of nitrogens with zero attached hydrogens (tertiary/aromatic N) is 6. The van der Waals surface area contributed by atoms with Gasteiger partial charge in [0.25, 0.3) is 11.1 Å². The molecule has 0 unspecified atom stereocenters. The van der Waals surface area contributed by atoms with E-state index in [9.17, 15) is 9.59 Å². The van der Waals surface area contributed by atoms with E-state index in [1.165, 1.54) is 11.4 Å². The third-order valence-electron chi connectivity index (χ3n) is 9.47. The van der Waals surface area contributed by atoms with Gasteiger partial charge in [0.05, 0.1) is 33.5 Å². The van der Waals surface area contributed by atoms with Crippen molar-refractivity contribution in [2.45, 2.75) is 12.8 Å². The molecule has 0 radical (unpaired) electrons. The predicted molar refractivity (Wildman–Crippen MR) is 236 cm³/mol. The molecule has 12 nitrogen and oxygen atoms in total. The van der Waals surface area contributed by atoms with Gasteiger partial charge in [-0.05, 0) is 94.6 Å². The molecule has 296 valence electrons. The lowest BCUT2D eigenvalue weighted by molar-refractivity contribution is 0.416. The Hall–Kier alpha value is -5.14. The Kier molecular flexibility index (Phi) is 15.1. The molecule has 6 aromatic rings. The van der Waals surface area contributed by atoms with Gasteiger partial charge in [-0.1, -0.05) is 65.7 Å². The largest absolute Gasteiger partial charge is 0.383 e. The number of H-pyrrole nitrogens is 2. The molecule has 0 saturated heterocycles. The maximum Gasteiger partial charge on any atom is 0.272 e. The van der Waals surface area contributed by atoms with E-state index < -0.39 is 0 Å². The third-order valence-corrected chi connectivity index (χ3v) is 10.0. The number of anilines is 4. The fourth-order valence-corrected chi connectivity index (χ4v) is 6.61. The van der Waals surface area contributed by atoms with E-state index in [1.807, 2.05) is 42.5 Å². The normalized spacial score (nSPS) is 11.2. The zero-order chi connectivity index (χ0) is 40.2. The van der Waals surface area contributed by atoms with Crippen molar-refractivity contribution >= 4 is 67.5 Å². The molecule has 0 aliphatic heterocycles. The molecular weight excluding hydrogens is 747 g/mol. The Morgan fingerprint density at radius 1 is 0.536 bits per heavy atom. The molecule has 0 spiro atoms. The van der Waals surface area contributed by atoms with Gasteiger partial charge < -0.3 is 30.2 Å². The second kappa shape index (κ2) is 20.1. The molecule has 0 bridgehead atoms. The van der Waals surface area contributed by atoms with Crippen molar-refractivity contribution in [3.63, 3.8) is 0 Å². The van der Waals surface area contributed by atoms with Crippen LogP contribution in [0.3, 0.4) is 0 Å². The molecule has 0 atom stereocenters. The molecule has 0 aliphatic carbocycles. The van der Waals surface area contributed by atoms with Crippen molar-refractivity contribution in [3.8, 4) is 0 Å². The van der Waals surface area contributed by atoms with Crippen molar-refractivity contribution in [1.29, 1.82) is 0 Å². The van der Waals surface area contributed by atoms with Crippen LogP contribution in [0.1, 0.15) is 11.1 Å². The van der Waals surface area contributed by atoms with Crippen molar-refractivity contribution in [2.75, 3.05) is 102 Å². The number of nitrogens with one attached hydrogen (secondary N) is 4. The zero-order valence-electron chi connectivity index (χ0n) is 33.0. The first-order valence-electron chi connectivity index (χ1n) is 18.6. The number of hydrogen-bond donors (Lipinski definition) is 4. The number of halogens is 2. The van der Waals surface area contributed by atoms with Gasteiger partial charge in [0.2, 0.25) is 0 Å². The highest BCUT2D eigenvalue weighted by atomic mass is 35.5. The number of para-hydroxylation sites is 4. The van der Waals surface area contributed by atoms with Crippen LogP contribution in [0, 0.1) is 0 Å². The Morgan fingerprint density at radius 2 is 0.964 bits per heavy atom. The van der Waals surface area contributed by atoms with Crippen molar-refractivity contribution in [3.05, 3.63) is 127 Å². The summed E-state index contributed by atoms with van der Waals surface area (Å²) in [5.41, 5.74) is 6.31. The van der Waals surface area contributed by atoms with Crippen LogP contribution in [-0.2, 0) is 12.8 Å². The second-order valence-electron chi connectivity index (χ2n) is 14.3. The molecule has 2 heterocycles. The lowest BCUT2D eigenvalue weighted by atomic mass is 10.1. The molecule has 0 amide bonds. The number of fused-ring (bicyclic) bond motifs is 2. The maximum absolute atomic E-state index is 12.0. The number of likely N-dealkylation sites (N-methyl/N-ethyl adjacent to an activating group) is 4. The van der Waals surface area contributed by atoms with E-state index in [-0.39, 0.29) is 11.1 Å². The molecule has 0 aliphatic rings. The Morgan fingerprint density at radius 3 is 1.46 bits per heavy atom. The van der Waals surface area contributed by atoms with E-state index >= 15 is 0 Å². The molecule has 56 heavy (non-hydrogen) atoms. The number of aromatic nitrogens is 4. The van der Waals surface area contributed by atoms with Gasteiger partial charge >= 0.3 is 0 Å². The Balaban J connectivity index is 0.000000214. The van der Waals surface area contributed by atoms with Gasteiger partial charge in [0.1, 0.15) is 0 Å². The lowest BCUT2D eigenvalue weighted by Gasteiger charge is -2.24. The highest BCUT2D eigenvalue weighted by molar-refractivity contribution is 6.34. The SMILES string of the molecule is CN(C)CCN(C)c1ccccc1NCCc1ccc2c(=O)[nH]nc(Cl)c2c1.CN(C)CCN(C)c1ccccc1NCCc1ccc2c(Cl)n[nH]c(=O)c2c1. The van der Waals surface area contributed by atoms with Gasteiger partial charge in [0, 0.05) is 64.1 Å². The molecule has 4 N–H and O–H groups in total. The van der Waals surface area contributed by atoms with Gasteiger partial charge in [-0.25, -0.2) is 10.2 Å². The fraction of sp³-hybridized carbons (Fsp3) is 0.333. The van der Waals surface area contributed by atoms with E-state index in [0.29, 0.717) is 31.9 Å². The van der Waals surface area contributed by atoms with E-state index in [2.05, 4.69) is 129 Å². The first-order chi connectivity index (χ1) is 26.9. The van der Waals surface area contributed by atoms with Crippen LogP contribution in [0.15, 0.2) is 94.5 Å². The van der Waals surface area contributed by atoms with Crippen molar-refractivity contribution < 1.29 is 0 Å². The summed E-state index contributed by atoms with van der Waals surface area (Å²) in [5, 5.41) is 22.7. The Labute approximate surface area is 338 Å². The number of benzene rings is 4. The lowest BCUT2D eigenvalue weighted by Crippen LogP contribution is -2.29. The summed E-state index contributed by atoms with van der Waals surface area (Å²) in [6.07, 6.45) is 1.61. The van der Waals surface area contributed by atoms with Crippen LogP contribution in [0.2, 0.25) is 10.3 Å². The number of rotatable bonds is 16. The molecule has 4 aromatic carbocycles. The fourth-order valence-electron chi connectivity index (χ4n) is 6.21. The summed E-state index contributed by atoms with van der Waals surface area (Å²) in [5.74, 6) is 0. The first kappa shape index (κ1) is 42.0. The van der Waals surface area contributed by atoms with E-state index in [4.69, 9.17) is 23.2 Å². The van der Waals surface area contributed by atoms with E-state index in [1.54, 1.807) is 6.07 Å². The van der Waals surface area contributed by atoms with Crippen LogP contribution in [0.25, 0.3) is 21.5 Å². The second-order valence-corrected chi connectivity index (χ2v) is 15.0. The number of aromatic amines is 2. The minimum Gasteiger partial charge on any atom is -0.383 e. The van der Waals surface area contributed by atoms with Crippen molar-refractivity contribution in [1.82, 2.24) is 30.2 Å². The van der Waals surface area contributed by atoms with Gasteiger partial charge in [-0.15, -0.1) is 0 Å². The van der Waals surface area contributed by atoms with Crippen LogP contribution in [0.4, 0.5) is 22.7 Å². The summed E-state index contributed by atoms with van der Waals surface area (Å²) in [6, 6.07) is 28.1. The van der Waals surface area contributed by atoms with Crippen molar-refractivity contribution in [2.24, 2.45) is 0 Å². The van der Waals surface area contributed by atoms with Gasteiger partial charge in [0.15, 0.2) is 10.3 Å². The summed E-state index contributed by atoms with van der Waals surface area (Å²) >= 11 is 12.2. The standard InChI is InChI=1S/2C21H26ClN5O/c1-26(2)12-13-27(3)19-7-5-4-6-18(19)23-11-10-15-8-9-16-17(14-15)20(22)24-25-21(16)28;1-26(2)12-13-27(3)19-7-5-4-6-18(19)23-11-10-15-8-9-16-17(14-15)21(28)25-24-20(16)22/h2*4-9,14,23H,10-13H2,1-3H3,(H,25,28).